The minimum Gasteiger partial charge on any atom is -0.406 e. The number of hydrogen-bond acceptors (Lipinski definition) is 4. The number of halogens is 3. The van der Waals surface area contributed by atoms with E-state index in [-0.39, 0.29) is 18.3 Å². The summed E-state index contributed by atoms with van der Waals surface area (Å²) in [5.41, 5.74) is 7.48. The molecule has 0 atom stereocenters. The first kappa shape index (κ1) is 23.0. The summed E-state index contributed by atoms with van der Waals surface area (Å²) in [6.45, 7) is 6.15. The Morgan fingerprint density at radius 2 is 2.03 bits per heavy atom. The molecule has 30 heavy (non-hydrogen) atoms. The average molecular weight is 423 g/mol. The SMILES string of the molecule is Cc1cc(CNC(=O)c2ccncc2NC(N)=NCC(C)C)ccc1OC(F)(F)F. The molecule has 162 valence electrons. The van der Waals surface area contributed by atoms with Crippen molar-refractivity contribution in [3.8, 4) is 5.75 Å². The molecule has 0 fully saturated rings. The van der Waals surface area contributed by atoms with Gasteiger partial charge in [-0.2, -0.15) is 0 Å². The molecule has 0 aliphatic carbocycles. The van der Waals surface area contributed by atoms with Crippen molar-refractivity contribution in [2.75, 3.05) is 11.9 Å². The number of aliphatic imine (C=N–C) groups is 1. The van der Waals surface area contributed by atoms with Crippen molar-refractivity contribution in [3.05, 3.63) is 53.3 Å². The maximum atomic E-state index is 12.6. The van der Waals surface area contributed by atoms with E-state index in [0.717, 1.165) is 0 Å². The summed E-state index contributed by atoms with van der Waals surface area (Å²) in [4.78, 5) is 20.8. The van der Waals surface area contributed by atoms with Crippen LogP contribution >= 0.6 is 0 Å². The second kappa shape index (κ2) is 9.95. The standard InChI is InChI=1S/C20H24F3N5O2/c1-12(2)9-27-19(24)28-16-11-25-7-6-15(16)18(29)26-10-14-4-5-17(13(3)8-14)30-20(21,22)23/h4-8,11-12H,9-10H2,1-3H3,(H,26,29)(H3,24,27,28). The lowest BCUT2D eigenvalue weighted by atomic mass is 10.1. The Balaban J connectivity index is 2.05. The summed E-state index contributed by atoms with van der Waals surface area (Å²) < 4.78 is 41.1. The normalized spacial score (nSPS) is 12.0. The fourth-order valence-corrected chi connectivity index (χ4v) is 2.49. The van der Waals surface area contributed by atoms with E-state index < -0.39 is 12.3 Å². The van der Waals surface area contributed by atoms with Gasteiger partial charge in [-0.1, -0.05) is 26.0 Å². The van der Waals surface area contributed by atoms with Crippen LogP contribution in [0.2, 0.25) is 0 Å². The highest BCUT2D eigenvalue weighted by molar-refractivity contribution is 6.03. The van der Waals surface area contributed by atoms with Gasteiger partial charge in [0, 0.05) is 19.3 Å². The van der Waals surface area contributed by atoms with Gasteiger partial charge < -0.3 is 21.1 Å². The van der Waals surface area contributed by atoms with Crippen LogP contribution in [0.15, 0.2) is 41.7 Å². The van der Waals surface area contributed by atoms with Crippen LogP contribution in [0.1, 0.15) is 35.3 Å². The van der Waals surface area contributed by atoms with Gasteiger partial charge in [0.2, 0.25) is 0 Å². The Morgan fingerprint density at radius 3 is 2.67 bits per heavy atom. The molecule has 0 aliphatic rings. The topological polar surface area (TPSA) is 102 Å². The number of nitrogens with zero attached hydrogens (tertiary/aromatic N) is 2. The highest BCUT2D eigenvalue weighted by atomic mass is 19.4. The number of hydrogen-bond donors (Lipinski definition) is 3. The Morgan fingerprint density at radius 1 is 1.30 bits per heavy atom. The number of guanidine groups is 1. The molecule has 0 radical (unpaired) electrons. The molecule has 7 nitrogen and oxygen atoms in total. The monoisotopic (exact) mass is 423 g/mol. The lowest BCUT2D eigenvalue weighted by molar-refractivity contribution is -0.274. The number of alkyl halides is 3. The molecule has 0 saturated heterocycles. The smallest absolute Gasteiger partial charge is 0.406 e. The third-order valence-electron chi connectivity index (χ3n) is 3.87. The number of benzene rings is 1. The van der Waals surface area contributed by atoms with Gasteiger partial charge in [-0.05, 0) is 36.1 Å². The van der Waals surface area contributed by atoms with E-state index in [1.54, 1.807) is 0 Å². The zero-order valence-corrected chi connectivity index (χ0v) is 16.9. The lowest BCUT2D eigenvalue weighted by Crippen LogP contribution is -2.28. The minimum atomic E-state index is -4.76. The van der Waals surface area contributed by atoms with Crippen molar-refractivity contribution in [2.24, 2.45) is 16.6 Å². The predicted molar refractivity (Wildman–Crippen MR) is 108 cm³/mol. The Hall–Kier alpha value is -3.30. The van der Waals surface area contributed by atoms with Crippen LogP contribution in [0.3, 0.4) is 0 Å². The second-order valence-corrected chi connectivity index (χ2v) is 7.00. The zero-order valence-electron chi connectivity index (χ0n) is 16.9. The van der Waals surface area contributed by atoms with Crippen molar-refractivity contribution in [1.29, 1.82) is 0 Å². The van der Waals surface area contributed by atoms with E-state index in [9.17, 15) is 18.0 Å². The third kappa shape index (κ3) is 7.26. The summed E-state index contributed by atoms with van der Waals surface area (Å²) in [7, 11) is 0. The minimum absolute atomic E-state index is 0.116. The molecule has 10 heteroatoms. The van der Waals surface area contributed by atoms with E-state index in [1.165, 1.54) is 43.6 Å². The largest absolute Gasteiger partial charge is 0.573 e. The first-order valence-electron chi connectivity index (χ1n) is 9.19. The summed E-state index contributed by atoms with van der Waals surface area (Å²) in [5, 5.41) is 5.59. The highest BCUT2D eigenvalue weighted by Crippen LogP contribution is 2.26. The van der Waals surface area contributed by atoms with E-state index in [4.69, 9.17) is 5.73 Å². The molecule has 1 aromatic heterocycles. The number of carbonyl (C=O) groups excluding carboxylic acids is 1. The lowest BCUT2D eigenvalue weighted by Gasteiger charge is -2.14. The maximum Gasteiger partial charge on any atom is 0.573 e. The van der Waals surface area contributed by atoms with Crippen LogP contribution in [-0.4, -0.2) is 29.8 Å². The Labute approximate surface area is 172 Å². The summed E-state index contributed by atoms with van der Waals surface area (Å²) in [6.07, 6.45) is -1.83. The molecule has 2 aromatic rings. The molecular formula is C20H24F3N5O2. The third-order valence-corrected chi connectivity index (χ3v) is 3.87. The van der Waals surface area contributed by atoms with Crippen molar-refractivity contribution >= 4 is 17.6 Å². The fourth-order valence-electron chi connectivity index (χ4n) is 2.49. The first-order chi connectivity index (χ1) is 14.0. The van der Waals surface area contributed by atoms with Gasteiger partial charge in [-0.15, -0.1) is 13.2 Å². The number of rotatable bonds is 7. The number of carbonyl (C=O) groups is 1. The van der Waals surface area contributed by atoms with Crippen molar-refractivity contribution in [3.63, 3.8) is 0 Å². The molecule has 2 rings (SSSR count). The van der Waals surface area contributed by atoms with Gasteiger partial charge in [0.15, 0.2) is 5.96 Å². The highest BCUT2D eigenvalue weighted by Gasteiger charge is 2.31. The van der Waals surface area contributed by atoms with Gasteiger partial charge in [-0.3, -0.25) is 14.8 Å². The van der Waals surface area contributed by atoms with Crippen LogP contribution in [-0.2, 0) is 6.54 Å². The van der Waals surface area contributed by atoms with Gasteiger partial charge in [0.05, 0.1) is 17.4 Å². The molecule has 0 aliphatic heterocycles. The number of amides is 1. The summed E-state index contributed by atoms with van der Waals surface area (Å²) >= 11 is 0. The molecule has 0 spiro atoms. The van der Waals surface area contributed by atoms with Gasteiger partial charge in [0.25, 0.3) is 5.91 Å². The van der Waals surface area contributed by atoms with Gasteiger partial charge in [0.1, 0.15) is 5.75 Å². The van der Waals surface area contributed by atoms with Crippen LogP contribution in [0, 0.1) is 12.8 Å². The number of nitrogens with two attached hydrogens (primary N) is 1. The number of ether oxygens (including phenoxy) is 1. The van der Waals surface area contributed by atoms with Crippen molar-refractivity contribution in [1.82, 2.24) is 10.3 Å². The van der Waals surface area contributed by atoms with E-state index >= 15 is 0 Å². The second-order valence-electron chi connectivity index (χ2n) is 7.00. The molecule has 1 amide bonds. The molecular weight excluding hydrogens is 399 g/mol. The predicted octanol–water partition coefficient (Wildman–Crippen LogP) is 3.60. The maximum absolute atomic E-state index is 12.6. The number of anilines is 1. The van der Waals surface area contributed by atoms with Crippen LogP contribution in [0.5, 0.6) is 5.75 Å². The van der Waals surface area contributed by atoms with Crippen molar-refractivity contribution < 1.29 is 22.7 Å². The first-order valence-corrected chi connectivity index (χ1v) is 9.19. The quantitative estimate of drug-likeness (QED) is 0.467. The molecule has 1 aromatic carbocycles. The van der Waals surface area contributed by atoms with Crippen LogP contribution < -0.4 is 21.1 Å². The van der Waals surface area contributed by atoms with E-state index in [1.807, 2.05) is 13.8 Å². The molecule has 0 bridgehead atoms. The van der Waals surface area contributed by atoms with Crippen LogP contribution in [0.25, 0.3) is 0 Å². The number of pyridine rings is 1. The van der Waals surface area contributed by atoms with Gasteiger partial charge >= 0.3 is 6.36 Å². The number of nitrogens with one attached hydrogen (secondary N) is 2. The summed E-state index contributed by atoms with van der Waals surface area (Å²) in [6, 6.07) is 5.72. The number of aromatic nitrogens is 1. The summed E-state index contributed by atoms with van der Waals surface area (Å²) in [5.74, 6) is -0.181. The average Bonchev–Trinajstić information content (AvgIpc) is 2.66. The van der Waals surface area contributed by atoms with E-state index in [0.29, 0.717) is 34.8 Å². The molecule has 0 unspecified atom stereocenters. The van der Waals surface area contributed by atoms with Crippen LogP contribution in [0.4, 0.5) is 18.9 Å². The van der Waals surface area contributed by atoms with Gasteiger partial charge in [-0.25, -0.2) is 0 Å². The fraction of sp³-hybridized carbons (Fsp3) is 0.350. The molecule has 0 saturated carbocycles. The van der Waals surface area contributed by atoms with E-state index in [2.05, 4.69) is 25.3 Å². The Bertz CT molecular complexity index is 914. The van der Waals surface area contributed by atoms with Crippen molar-refractivity contribution in [2.45, 2.75) is 33.7 Å². The number of aryl methyl sites for hydroxylation is 1. The zero-order chi connectivity index (χ0) is 22.3. The Kier molecular flexibility index (Phi) is 7.62. The molecule has 4 N–H and O–H groups in total. The molecule has 1 heterocycles.